The van der Waals surface area contributed by atoms with Crippen molar-refractivity contribution >= 4 is 34.3 Å². The zero-order chi connectivity index (χ0) is 24.5. The van der Waals surface area contributed by atoms with Crippen molar-refractivity contribution in [3.05, 3.63) is 95.1 Å². The van der Waals surface area contributed by atoms with Crippen LogP contribution in [0.25, 0.3) is 16.6 Å². The van der Waals surface area contributed by atoms with Crippen LogP contribution in [0.5, 0.6) is 5.75 Å². The second kappa shape index (κ2) is 9.48. The number of cyclic esters (lactones) is 1. The van der Waals surface area contributed by atoms with Crippen molar-refractivity contribution in [2.75, 3.05) is 0 Å². The van der Waals surface area contributed by atoms with E-state index in [1.165, 1.54) is 12.8 Å². The van der Waals surface area contributed by atoms with Crippen LogP contribution in [-0.2, 0) is 21.9 Å². The van der Waals surface area contributed by atoms with E-state index in [-0.39, 0.29) is 0 Å². The maximum absolute atomic E-state index is 13.3. The number of ether oxygens (including phenoxy) is 2. The molecule has 1 fully saturated rings. The van der Waals surface area contributed by atoms with Gasteiger partial charge in [-0.25, -0.2) is 4.79 Å². The number of hydrogen-bond acceptors (Lipinski definition) is 7. The summed E-state index contributed by atoms with van der Waals surface area (Å²) in [6.45, 7) is 0.449. The fourth-order valence-corrected chi connectivity index (χ4v) is 5.78. The highest BCUT2D eigenvalue weighted by Crippen LogP contribution is 2.48. The van der Waals surface area contributed by atoms with E-state index in [0.717, 1.165) is 41.2 Å². The van der Waals surface area contributed by atoms with Crippen molar-refractivity contribution in [1.29, 1.82) is 0 Å². The van der Waals surface area contributed by atoms with E-state index >= 15 is 0 Å². The topological polar surface area (TPSA) is 81.5 Å². The van der Waals surface area contributed by atoms with Crippen LogP contribution in [0.3, 0.4) is 0 Å². The van der Waals surface area contributed by atoms with Crippen LogP contribution in [-0.4, -0.2) is 19.8 Å². The Morgan fingerprint density at radius 1 is 0.972 bits per heavy atom. The van der Waals surface area contributed by atoms with Crippen LogP contribution in [0.15, 0.2) is 78.4 Å². The molecule has 1 unspecified atom stereocenters. The molecule has 182 valence electrons. The third-order valence-corrected chi connectivity index (χ3v) is 7.72. The number of benzene rings is 3. The molecule has 1 aliphatic heterocycles. The van der Waals surface area contributed by atoms with Crippen molar-refractivity contribution in [2.45, 2.75) is 44.5 Å². The summed E-state index contributed by atoms with van der Waals surface area (Å²) in [7, 11) is 0. The lowest BCUT2D eigenvalue weighted by molar-refractivity contribution is -0.185. The number of rotatable bonds is 7. The standard InChI is InChI=1S/C29H26N2O4S/c32-28-27(21-10-15-25-26(17-21)31-36-30-25)24(16-19-6-4-5-7-19)29(33,35-28)22-11-13-23(14-12-22)34-18-20-8-2-1-3-9-20/h1-3,8-15,17,19,33H,4-7,16,18H2. The molecular weight excluding hydrogens is 472 g/mol. The first-order chi connectivity index (χ1) is 17.6. The highest BCUT2D eigenvalue weighted by atomic mass is 32.1. The van der Waals surface area contributed by atoms with Crippen molar-refractivity contribution in [1.82, 2.24) is 8.75 Å². The van der Waals surface area contributed by atoms with Gasteiger partial charge in [0, 0.05) is 11.1 Å². The van der Waals surface area contributed by atoms with Gasteiger partial charge in [-0.15, -0.1) is 0 Å². The van der Waals surface area contributed by atoms with E-state index in [2.05, 4.69) is 8.75 Å². The summed E-state index contributed by atoms with van der Waals surface area (Å²) in [5, 5.41) is 11.9. The van der Waals surface area contributed by atoms with Crippen LogP contribution in [0.4, 0.5) is 0 Å². The quantitative estimate of drug-likeness (QED) is 0.315. The maximum atomic E-state index is 13.3. The van der Waals surface area contributed by atoms with Crippen LogP contribution < -0.4 is 4.74 Å². The van der Waals surface area contributed by atoms with Gasteiger partial charge in [-0.3, -0.25) is 0 Å². The normalized spacial score (nSPS) is 20.3. The first-order valence-electron chi connectivity index (χ1n) is 12.3. The summed E-state index contributed by atoms with van der Waals surface area (Å²) < 4.78 is 20.3. The van der Waals surface area contributed by atoms with Crippen LogP contribution in [0.2, 0.25) is 0 Å². The predicted octanol–water partition coefficient (Wildman–Crippen LogP) is 6.01. The molecule has 2 aliphatic rings. The minimum Gasteiger partial charge on any atom is -0.489 e. The summed E-state index contributed by atoms with van der Waals surface area (Å²) in [4.78, 5) is 13.3. The van der Waals surface area contributed by atoms with Gasteiger partial charge in [0.15, 0.2) is 0 Å². The number of carbonyl (C=O) groups is 1. The molecule has 6 nitrogen and oxygen atoms in total. The molecule has 7 heteroatoms. The zero-order valence-corrected chi connectivity index (χ0v) is 20.5. The minimum atomic E-state index is -1.82. The number of fused-ring (bicyclic) bond motifs is 1. The van der Waals surface area contributed by atoms with Gasteiger partial charge in [0.2, 0.25) is 0 Å². The smallest absolute Gasteiger partial charge is 0.341 e. The highest BCUT2D eigenvalue weighted by Gasteiger charge is 2.48. The molecule has 0 spiro atoms. The molecule has 0 radical (unpaired) electrons. The van der Waals surface area contributed by atoms with E-state index in [0.29, 0.717) is 47.0 Å². The minimum absolute atomic E-state index is 0.411. The molecule has 0 saturated heterocycles. The Balaban J connectivity index is 1.34. The van der Waals surface area contributed by atoms with Crippen LogP contribution in [0.1, 0.15) is 48.8 Å². The van der Waals surface area contributed by atoms with Gasteiger partial charge < -0.3 is 14.6 Å². The lowest BCUT2D eigenvalue weighted by Crippen LogP contribution is -2.29. The van der Waals surface area contributed by atoms with Crippen LogP contribution >= 0.6 is 11.7 Å². The van der Waals surface area contributed by atoms with Crippen molar-refractivity contribution in [3.8, 4) is 5.75 Å². The SMILES string of the molecule is O=C1OC(O)(c2ccc(OCc3ccccc3)cc2)C(CC2CCCC2)=C1c1ccc2nsnc2c1. The molecule has 1 aliphatic carbocycles. The third kappa shape index (κ3) is 4.29. The Bertz CT molecular complexity index is 1420. The van der Waals surface area contributed by atoms with E-state index in [4.69, 9.17) is 9.47 Å². The molecule has 2 heterocycles. The second-order valence-corrected chi connectivity index (χ2v) is 10.0. The average Bonchev–Trinajstić information content (AvgIpc) is 3.64. The summed E-state index contributed by atoms with van der Waals surface area (Å²) >= 11 is 1.14. The van der Waals surface area contributed by atoms with E-state index in [1.54, 1.807) is 12.1 Å². The maximum Gasteiger partial charge on any atom is 0.341 e. The van der Waals surface area contributed by atoms with Crippen molar-refractivity contribution in [2.24, 2.45) is 5.92 Å². The second-order valence-electron chi connectivity index (χ2n) is 9.51. The van der Waals surface area contributed by atoms with Gasteiger partial charge in [-0.05, 0) is 59.9 Å². The first kappa shape index (κ1) is 22.9. The van der Waals surface area contributed by atoms with E-state index in [1.807, 2.05) is 60.7 Å². The highest BCUT2D eigenvalue weighted by molar-refractivity contribution is 7.00. The predicted molar refractivity (Wildman–Crippen MR) is 138 cm³/mol. The largest absolute Gasteiger partial charge is 0.489 e. The molecule has 0 bridgehead atoms. The molecule has 3 aromatic carbocycles. The Labute approximate surface area is 213 Å². The molecule has 1 aromatic heterocycles. The number of esters is 1. The Kier molecular flexibility index (Phi) is 6.03. The fraction of sp³-hybridized carbons (Fsp3) is 0.276. The summed E-state index contributed by atoms with van der Waals surface area (Å²) in [5.41, 5.74) is 4.87. The third-order valence-electron chi connectivity index (χ3n) is 7.16. The van der Waals surface area contributed by atoms with Gasteiger partial charge in [-0.1, -0.05) is 62.1 Å². The fourth-order valence-electron chi connectivity index (χ4n) is 5.26. The molecule has 4 aromatic rings. The lowest BCUT2D eigenvalue weighted by Gasteiger charge is -2.27. The number of nitrogens with zero attached hydrogens (tertiary/aromatic N) is 2. The Morgan fingerprint density at radius 2 is 1.72 bits per heavy atom. The van der Waals surface area contributed by atoms with Crippen molar-refractivity contribution < 1.29 is 19.4 Å². The summed E-state index contributed by atoms with van der Waals surface area (Å²) in [6.07, 6.45) is 5.12. The van der Waals surface area contributed by atoms with Gasteiger partial charge in [0.05, 0.1) is 17.3 Å². The number of hydrogen-bond donors (Lipinski definition) is 1. The first-order valence-corrected chi connectivity index (χ1v) is 13.0. The number of aliphatic hydroxyl groups is 1. The number of carbonyl (C=O) groups excluding carboxylic acids is 1. The average molecular weight is 499 g/mol. The van der Waals surface area contributed by atoms with Crippen molar-refractivity contribution in [3.63, 3.8) is 0 Å². The molecule has 1 atom stereocenters. The van der Waals surface area contributed by atoms with Gasteiger partial charge in [0.1, 0.15) is 23.4 Å². The molecule has 6 rings (SSSR count). The zero-order valence-electron chi connectivity index (χ0n) is 19.7. The molecular formula is C29H26N2O4S. The van der Waals surface area contributed by atoms with Gasteiger partial charge >= 0.3 is 5.97 Å². The van der Waals surface area contributed by atoms with Gasteiger partial charge in [0.25, 0.3) is 5.79 Å². The van der Waals surface area contributed by atoms with E-state index < -0.39 is 11.8 Å². The molecule has 1 N–H and O–H groups in total. The van der Waals surface area contributed by atoms with Gasteiger partial charge in [-0.2, -0.15) is 8.75 Å². The Hall–Kier alpha value is -3.55. The molecule has 36 heavy (non-hydrogen) atoms. The molecule has 1 saturated carbocycles. The Morgan fingerprint density at radius 3 is 2.50 bits per heavy atom. The lowest BCUT2D eigenvalue weighted by atomic mass is 9.85. The summed E-state index contributed by atoms with van der Waals surface area (Å²) in [6, 6.07) is 22.7. The van der Waals surface area contributed by atoms with Crippen LogP contribution in [0, 0.1) is 5.92 Å². The van der Waals surface area contributed by atoms with E-state index in [9.17, 15) is 9.90 Å². The summed E-state index contributed by atoms with van der Waals surface area (Å²) in [5.74, 6) is -1.24. The molecule has 0 amide bonds. The monoisotopic (exact) mass is 498 g/mol. The number of aromatic nitrogens is 2.